The SMILES string of the molecule is CCOC(=O)C[C@H](NC(=O)c1ccc(-c2ccccc2)cc1)C(=O)O. The lowest BCUT2D eigenvalue weighted by molar-refractivity contribution is -0.149. The van der Waals surface area contributed by atoms with Gasteiger partial charge in [-0.2, -0.15) is 0 Å². The lowest BCUT2D eigenvalue weighted by atomic mass is 10.0. The average Bonchev–Trinajstić information content (AvgIpc) is 2.62. The number of carboxylic acid groups (broad SMARTS) is 1. The van der Waals surface area contributed by atoms with Crippen molar-refractivity contribution in [2.75, 3.05) is 6.61 Å². The molecule has 1 atom stereocenters. The van der Waals surface area contributed by atoms with E-state index >= 15 is 0 Å². The van der Waals surface area contributed by atoms with E-state index in [0.717, 1.165) is 11.1 Å². The van der Waals surface area contributed by atoms with Crippen LogP contribution in [0.4, 0.5) is 0 Å². The van der Waals surface area contributed by atoms with Crippen LogP contribution in [0.15, 0.2) is 54.6 Å². The van der Waals surface area contributed by atoms with Crippen LogP contribution in [0, 0.1) is 0 Å². The molecule has 25 heavy (non-hydrogen) atoms. The van der Waals surface area contributed by atoms with Gasteiger partial charge in [0.15, 0.2) is 0 Å². The van der Waals surface area contributed by atoms with E-state index in [1.807, 2.05) is 30.3 Å². The van der Waals surface area contributed by atoms with Crippen molar-refractivity contribution in [2.24, 2.45) is 0 Å². The van der Waals surface area contributed by atoms with Crippen molar-refractivity contribution in [3.63, 3.8) is 0 Å². The fraction of sp³-hybridized carbons (Fsp3) is 0.211. The summed E-state index contributed by atoms with van der Waals surface area (Å²) in [5.41, 5.74) is 2.27. The summed E-state index contributed by atoms with van der Waals surface area (Å²) in [6.45, 7) is 1.78. The summed E-state index contributed by atoms with van der Waals surface area (Å²) >= 11 is 0. The van der Waals surface area contributed by atoms with Crippen molar-refractivity contribution in [2.45, 2.75) is 19.4 Å². The first-order valence-corrected chi connectivity index (χ1v) is 7.86. The third-order valence-electron chi connectivity index (χ3n) is 3.53. The Morgan fingerprint density at radius 2 is 1.60 bits per heavy atom. The highest BCUT2D eigenvalue weighted by Crippen LogP contribution is 2.19. The van der Waals surface area contributed by atoms with Gasteiger partial charge < -0.3 is 15.2 Å². The average molecular weight is 341 g/mol. The molecule has 2 aromatic rings. The molecule has 0 aliphatic carbocycles. The Bertz CT molecular complexity index is 740. The fourth-order valence-electron chi connectivity index (χ4n) is 2.27. The predicted octanol–water partition coefficient (Wildman–Crippen LogP) is 2.49. The number of esters is 1. The minimum atomic E-state index is -1.33. The van der Waals surface area contributed by atoms with Gasteiger partial charge >= 0.3 is 11.9 Å². The molecule has 0 bridgehead atoms. The summed E-state index contributed by atoms with van der Waals surface area (Å²) in [5, 5.41) is 11.5. The Morgan fingerprint density at radius 1 is 1.00 bits per heavy atom. The number of rotatable bonds is 7. The number of amides is 1. The number of nitrogens with one attached hydrogen (secondary N) is 1. The smallest absolute Gasteiger partial charge is 0.326 e. The zero-order chi connectivity index (χ0) is 18.2. The van der Waals surface area contributed by atoms with E-state index in [9.17, 15) is 14.4 Å². The summed E-state index contributed by atoms with van der Waals surface area (Å²) in [6.07, 6.45) is -0.420. The quantitative estimate of drug-likeness (QED) is 0.755. The molecule has 130 valence electrons. The largest absolute Gasteiger partial charge is 0.480 e. The number of carbonyl (C=O) groups is 3. The van der Waals surface area contributed by atoms with Crippen LogP contribution in [0.3, 0.4) is 0 Å². The molecule has 0 fully saturated rings. The number of carboxylic acids is 1. The number of benzene rings is 2. The van der Waals surface area contributed by atoms with Crippen LogP contribution in [-0.2, 0) is 14.3 Å². The van der Waals surface area contributed by atoms with E-state index in [-0.39, 0.29) is 6.61 Å². The number of aliphatic carboxylic acids is 1. The molecule has 0 saturated carbocycles. The van der Waals surface area contributed by atoms with E-state index in [1.165, 1.54) is 0 Å². The van der Waals surface area contributed by atoms with Crippen molar-refractivity contribution in [1.29, 1.82) is 0 Å². The van der Waals surface area contributed by atoms with Crippen molar-refractivity contribution < 1.29 is 24.2 Å². The van der Waals surface area contributed by atoms with Crippen LogP contribution in [0.1, 0.15) is 23.7 Å². The predicted molar refractivity (Wildman–Crippen MR) is 92.0 cm³/mol. The van der Waals surface area contributed by atoms with Gasteiger partial charge in [0.2, 0.25) is 0 Å². The van der Waals surface area contributed by atoms with Crippen LogP contribution in [0.5, 0.6) is 0 Å². The molecule has 0 heterocycles. The molecule has 0 aromatic heterocycles. The maximum atomic E-state index is 12.2. The normalized spacial score (nSPS) is 11.4. The van der Waals surface area contributed by atoms with Crippen LogP contribution in [0.25, 0.3) is 11.1 Å². The van der Waals surface area contributed by atoms with Gasteiger partial charge in [-0.3, -0.25) is 9.59 Å². The number of hydrogen-bond acceptors (Lipinski definition) is 4. The molecule has 6 heteroatoms. The second-order valence-electron chi connectivity index (χ2n) is 5.32. The first-order chi connectivity index (χ1) is 12.0. The van der Waals surface area contributed by atoms with Crippen LogP contribution in [0.2, 0.25) is 0 Å². The molecule has 0 aliphatic rings. The van der Waals surface area contributed by atoms with E-state index in [0.29, 0.717) is 5.56 Å². The summed E-state index contributed by atoms with van der Waals surface area (Å²) in [4.78, 5) is 34.9. The molecule has 6 nitrogen and oxygen atoms in total. The third kappa shape index (κ3) is 5.17. The van der Waals surface area contributed by atoms with Gasteiger partial charge in [0.1, 0.15) is 6.04 Å². The van der Waals surface area contributed by atoms with Gasteiger partial charge in [0.25, 0.3) is 5.91 Å². The summed E-state index contributed by atoms with van der Waals surface area (Å²) in [7, 11) is 0. The highest BCUT2D eigenvalue weighted by atomic mass is 16.5. The molecular weight excluding hydrogens is 322 g/mol. The monoisotopic (exact) mass is 341 g/mol. The Labute approximate surface area is 145 Å². The van der Waals surface area contributed by atoms with Gasteiger partial charge in [-0.15, -0.1) is 0 Å². The van der Waals surface area contributed by atoms with Crippen molar-refractivity contribution in [1.82, 2.24) is 5.32 Å². The maximum Gasteiger partial charge on any atom is 0.326 e. The maximum absolute atomic E-state index is 12.2. The van der Waals surface area contributed by atoms with Crippen LogP contribution in [-0.4, -0.2) is 35.6 Å². The fourth-order valence-corrected chi connectivity index (χ4v) is 2.27. The minimum absolute atomic E-state index is 0.153. The van der Waals surface area contributed by atoms with E-state index in [2.05, 4.69) is 5.32 Å². The second kappa shape index (κ2) is 8.63. The topological polar surface area (TPSA) is 92.7 Å². The molecule has 0 spiro atoms. The van der Waals surface area contributed by atoms with Crippen molar-refractivity contribution in [3.8, 4) is 11.1 Å². The van der Waals surface area contributed by atoms with Gasteiger partial charge in [0.05, 0.1) is 13.0 Å². The zero-order valence-corrected chi connectivity index (χ0v) is 13.8. The standard InChI is InChI=1S/C19H19NO5/c1-2-25-17(21)12-16(19(23)24)20-18(22)15-10-8-14(9-11-15)13-6-4-3-5-7-13/h3-11,16H,2,12H2,1H3,(H,20,22)(H,23,24)/t16-/m0/s1. The van der Waals surface area contributed by atoms with E-state index in [1.54, 1.807) is 31.2 Å². The minimum Gasteiger partial charge on any atom is -0.480 e. The molecule has 0 radical (unpaired) electrons. The summed E-state index contributed by atoms with van der Waals surface area (Å²) < 4.78 is 4.72. The highest BCUT2D eigenvalue weighted by Gasteiger charge is 2.24. The molecule has 1 amide bonds. The highest BCUT2D eigenvalue weighted by molar-refractivity contribution is 5.97. The van der Waals surface area contributed by atoms with Gasteiger partial charge in [0, 0.05) is 5.56 Å². The summed E-state index contributed by atoms with van der Waals surface area (Å²) in [5.74, 6) is -2.52. The molecule has 2 aromatic carbocycles. The van der Waals surface area contributed by atoms with Gasteiger partial charge in [-0.25, -0.2) is 4.79 Å². The first-order valence-electron chi connectivity index (χ1n) is 7.86. The molecule has 0 unspecified atom stereocenters. The van der Waals surface area contributed by atoms with Crippen LogP contribution < -0.4 is 5.32 Å². The number of carbonyl (C=O) groups excluding carboxylic acids is 2. The molecule has 2 N–H and O–H groups in total. The van der Waals surface area contributed by atoms with Crippen molar-refractivity contribution >= 4 is 17.8 Å². The van der Waals surface area contributed by atoms with E-state index < -0.39 is 30.3 Å². The Kier molecular flexibility index (Phi) is 6.28. The lowest BCUT2D eigenvalue weighted by Gasteiger charge is -2.14. The lowest BCUT2D eigenvalue weighted by Crippen LogP contribution is -2.42. The van der Waals surface area contributed by atoms with E-state index in [4.69, 9.17) is 9.84 Å². The number of ether oxygens (including phenoxy) is 1. The Balaban J connectivity index is 2.06. The zero-order valence-electron chi connectivity index (χ0n) is 13.8. The molecule has 2 rings (SSSR count). The molecule has 0 saturated heterocycles. The van der Waals surface area contributed by atoms with Crippen molar-refractivity contribution in [3.05, 3.63) is 60.2 Å². The van der Waals surface area contributed by atoms with Gasteiger partial charge in [-0.1, -0.05) is 42.5 Å². The van der Waals surface area contributed by atoms with Gasteiger partial charge in [-0.05, 0) is 30.2 Å². The number of hydrogen-bond donors (Lipinski definition) is 2. The second-order valence-corrected chi connectivity index (χ2v) is 5.32. The van der Waals surface area contributed by atoms with Crippen LogP contribution >= 0.6 is 0 Å². The molecule has 0 aliphatic heterocycles. The molecular formula is C19H19NO5. The first kappa shape index (κ1) is 18.2. The Morgan fingerprint density at radius 3 is 2.16 bits per heavy atom. The Hall–Kier alpha value is -3.15. The summed E-state index contributed by atoms with van der Waals surface area (Å²) in [6, 6.07) is 15.1. The third-order valence-corrected chi connectivity index (χ3v) is 3.53.